The standard InChI is InChI=1S/C25H47N5O6/c1-8-15(2)23(29(5)21(32)12-16(3)26)19(35-6)13-22(33)30-11-9-10-18(30)24(36-7)17(4)25(34)28-14-20(27)31/h15-19,23-24H,8-14,26H2,1-7H3,(H2,27,31)(H,28,34). The van der Waals surface area contributed by atoms with Gasteiger partial charge in [0.1, 0.15) is 0 Å². The van der Waals surface area contributed by atoms with Crippen LogP contribution in [-0.2, 0) is 28.7 Å². The fourth-order valence-electron chi connectivity index (χ4n) is 5.08. The maximum absolute atomic E-state index is 13.5. The van der Waals surface area contributed by atoms with Crippen molar-refractivity contribution in [3.8, 4) is 0 Å². The average molecular weight is 514 g/mol. The Morgan fingerprint density at radius 3 is 2.25 bits per heavy atom. The monoisotopic (exact) mass is 513 g/mol. The number of primary amides is 1. The Bertz CT molecular complexity index is 748. The zero-order valence-electron chi connectivity index (χ0n) is 23.0. The molecule has 0 bridgehead atoms. The van der Waals surface area contributed by atoms with Gasteiger partial charge < -0.3 is 36.1 Å². The molecule has 208 valence electrons. The van der Waals surface area contributed by atoms with E-state index >= 15 is 0 Å². The zero-order valence-corrected chi connectivity index (χ0v) is 23.0. The predicted molar refractivity (Wildman–Crippen MR) is 137 cm³/mol. The van der Waals surface area contributed by atoms with E-state index in [1.165, 1.54) is 7.11 Å². The van der Waals surface area contributed by atoms with Gasteiger partial charge in [0, 0.05) is 40.3 Å². The van der Waals surface area contributed by atoms with Crippen LogP contribution in [0, 0.1) is 11.8 Å². The van der Waals surface area contributed by atoms with E-state index in [0.717, 1.165) is 12.8 Å². The van der Waals surface area contributed by atoms with E-state index in [2.05, 4.69) is 5.32 Å². The number of nitrogens with zero attached hydrogens (tertiary/aromatic N) is 2. The first kappa shape index (κ1) is 31.8. The maximum Gasteiger partial charge on any atom is 0.236 e. The highest BCUT2D eigenvalue weighted by Gasteiger charge is 2.41. The van der Waals surface area contributed by atoms with Gasteiger partial charge in [0.2, 0.25) is 23.6 Å². The van der Waals surface area contributed by atoms with E-state index in [1.807, 2.05) is 13.8 Å². The van der Waals surface area contributed by atoms with Crippen molar-refractivity contribution < 1.29 is 28.7 Å². The number of carbonyl (C=O) groups is 4. The third kappa shape index (κ3) is 8.70. The second-order valence-electron chi connectivity index (χ2n) is 10.0. The summed E-state index contributed by atoms with van der Waals surface area (Å²) in [6.07, 6.45) is 1.54. The molecular formula is C25H47N5O6. The number of amides is 4. The van der Waals surface area contributed by atoms with E-state index in [1.54, 1.807) is 37.8 Å². The molecular weight excluding hydrogens is 466 g/mol. The molecule has 36 heavy (non-hydrogen) atoms. The van der Waals surface area contributed by atoms with Gasteiger partial charge in [-0.25, -0.2) is 0 Å². The van der Waals surface area contributed by atoms with Gasteiger partial charge in [-0.2, -0.15) is 0 Å². The molecule has 1 heterocycles. The Morgan fingerprint density at radius 2 is 1.75 bits per heavy atom. The molecule has 0 aromatic carbocycles. The molecule has 1 aliphatic heterocycles. The number of rotatable bonds is 15. The van der Waals surface area contributed by atoms with Gasteiger partial charge in [-0.15, -0.1) is 0 Å². The lowest BCUT2D eigenvalue weighted by Gasteiger charge is -2.39. The van der Waals surface area contributed by atoms with Crippen molar-refractivity contribution in [1.29, 1.82) is 0 Å². The van der Waals surface area contributed by atoms with Crippen LogP contribution in [0.15, 0.2) is 0 Å². The molecule has 0 aliphatic carbocycles. The molecule has 11 heteroatoms. The molecule has 7 atom stereocenters. The van der Waals surface area contributed by atoms with Crippen LogP contribution in [0.3, 0.4) is 0 Å². The minimum atomic E-state index is -0.631. The second-order valence-corrected chi connectivity index (χ2v) is 10.0. The number of hydrogen-bond donors (Lipinski definition) is 3. The summed E-state index contributed by atoms with van der Waals surface area (Å²) in [5, 5.41) is 2.51. The Kier molecular flexibility index (Phi) is 13.3. The Labute approximate surface area is 215 Å². The number of likely N-dealkylation sites (N-methyl/N-ethyl adjacent to an activating group) is 1. The Hall–Kier alpha value is -2.24. The van der Waals surface area contributed by atoms with Crippen molar-refractivity contribution in [3.05, 3.63) is 0 Å². The number of nitrogens with two attached hydrogens (primary N) is 2. The lowest BCUT2D eigenvalue weighted by atomic mass is 9.90. The van der Waals surface area contributed by atoms with Gasteiger partial charge in [0.05, 0.1) is 43.2 Å². The molecule has 1 fully saturated rings. The molecule has 1 saturated heterocycles. The van der Waals surface area contributed by atoms with Crippen molar-refractivity contribution in [2.75, 3.05) is 34.4 Å². The first-order valence-corrected chi connectivity index (χ1v) is 12.8. The summed E-state index contributed by atoms with van der Waals surface area (Å²) in [6.45, 7) is 7.87. The highest BCUT2D eigenvalue weighted by atomic mass is 16.5. The minimum absolute atomic E-state index is 0.0842. The molecule has 0 aromatic heterocycles. The van der Waals surface area contributed by atoms with Crippen LogP contribution in [0.5, 0.6) is 0 Å². The number of ether oxygens (including phenoxy) is 2. The van der Waals surface area contributed by atoms with Gasteiger partial charge in [-0.05, 0) is 25.7 Å². The summed E-state index contributed by atoms with van der Waals surface area (Å²) in [5.41, 5.74) is 11.0. The highest BCUT2D eigenvalue weighted by molar-refractivity contribution is 5.85. The summed E-state index contributed by atoms with van der Waals surface area (Å²) in [7, 11) is 4.81. The molecule has 0 spiro atoms. The van der Waals surface area contributed by atoms with E-state index in [4.69, 9.17) is 20.9 Å². The Balaban J connectivity index is 3.05. The van der Waals surface area contributed by atoms with Gasteiger partial charge in [0.25, 0.3) is 0 Å². The van der Waals surface area contributed by atoms with E-state index in [0.29, 0.717) is 13.0 Å². The van der Waals surface area contributed by atoms with E-state index in [-0.39, 0.29) is 61.2 Å². The SMILES string of the molecule is CCC(C)C(C(CC(=O)N1CCCC1C(OC)C(C)C(=O)NCC(N)=O)OC)N(C)C(=O)CC(C)N. The van der Waals surface area contributed by atoms with Crippen molar-refractivity contribution >= 4 is 23.6 Å². The molecule has 0 saturated carbocycles. The van der Waals surface area contributed by atoms with Crippen LogP contribution in [0.2, 0.25) is 0 Å². The van der Waals surface area contributed by atoms with Crippen LogP contribution in [0.1, 0.15) is 59.8 Å². The largest absolute Gasteiger partial charge is 0.379 e. The van der Waals surface area contributed by atoms with Crippen molar-refractivity contribution in [1.82, 2.24) is 15.1 Å². The van der Waals surface area contributed by atoms with Gasteiger partial charge in [-0.1, -0.05) is 27.2 Å². The van der Waals surface area contributed by atoms with Gasteiger partial charge in [-0.3, -0.25) is 19.2 Å². The smallest absolute Gasteiger partial charge is 0.236 e. The summed E-state index contributed by atoms with van der Waals surface area (Å²) >= 11 is 0. The van der Waals surface area contributed by atoms with Crippen LogP contribution in [0.25, 0.3) is 0 Å². The van der Waals surface area contributed by atoms with Crippen molar-refractivity contribution in [2.45, 2.75) is 90.1 Å². The van der Waals surface area contributed by atoms with Crippen LogP contribution in [-0.4, -0.2) is 98.1 Å². The normalized spacial score (nSPS) is 20.7. The van der Waals surface area contributed by atoms with E-state index in [9.17, 15) is 19.2 Å². The number of carbonyl (C=O) groups excluding carboxylic acids is 4. The maximum atomic E-state index is 13.5. The summed E-state index contributed by atoms with van der Waals surface area (Å²) in [6, 6.07) is -0.861. The van der Waals surface area contributed by atoms with Crippen molar-refractivity contribution in [3.63, 3.8) is 0 Å². The first-order valence-electron chi connectivity index (χ1n) is 12.8. The van der Waals surface area contributed by atoms with Crippen LogP contribution in [0.4, 0.5) is 0 Å². The highest BCUT2D eigenvalue weighted by Crippen LogP contribution is 2.29. The molecule has 0 radical (unpaired) electrons. The number of nitrogens with one attached hydrogen (secondary N) is 1. The van der Waals surface area contributed by atoms with Crippen molar-refractivity contribution in [2.24, 2.45) is 23.3 Å². The summed E-state index contributed by atoms with van der Waals surface area (Å²) in [5.74, 6) is -1.69. The molecule has 7 unspecified atom stereocenters. The molecule has 1 aliphatic rings. The first-order chi connectivity index (χ1) is 16.9. The summed E-state index contributed by atoms with van der Waals surface area (Å²) < 4.78 is 11.5. The summed E-state index contributed by atoms with van der Waals surface area (Å²) in [4.78, 5) is 53.4. The number of hydrogen-bond acceptors (Lipinski definition) is 7. The Morgan fingerprint density at radius 1 is 1.11 bits per heavy atom. The topological polar surface area (TPSA) is 157 Å². The molecule has 1 rings (SSSR count). The minimum Gasteiger partial charge on any atom is -0.379 e. The van der Waals surface area contributed by atoms with Crippen LogP contribution < -0.4 is 16.8 Å². The lowest BCUT2D eigenvalue weighted by molar-refractivity contribution is -0.146. The second kappa shape index (κ2) is 15.1. The fourth-order valence-corrected chi connectivity index (χ4v) is 5.08. The van der Waals surface area contributed by atoms with Gasteiger partial charge >= 0.3 is 0 Å². The lowest BCUT2D eigenvalue weighted by Crippen LogP contribution is -2.53. The number of likely N-dealkylation sites (tertiary alicyclic amines) is 1. The third-order valence-electron chi connectivity index (χ3n) is 7.24. The molecule has 5 N–H and O–H groups in total. The molecule has 4 amide bonds. The quantitative estimate of drug-likeness (QED) is 0.283. The van der Waals surface area contributed by atoms with Crippen LogP contribution >= 0.6 is 0 Å². The average Bonchev–Trinajstić information content (AvgIpc) is 3.31. The van der Waals surface area contributed by atoms with Gasteiger partial charge in [0.15, 0.2) is 0 Å². The molecule has 11 nitrogen and oxygen atoms in total. The fraction of sp³-hybridized carbons (Fsp3) is 0.840. The predicted octanol–water partition coefficient (Wildman–Crippen LogP) is 0.246. The third-order valence-corrected chi connectivity index (χ3v) is 7.24. The zero-order chi connectivity index (χ0) is 27.6. The molecule has 0 aromatic rings. The number of methoxy groups -OCH3 is 2. The van der Waals surface area contributed by atoms with E-state index < -0.39 is 24.0 Å².